The highest BCUT2D eigenvalue weighted by Gasteiger charge is 2.16. The summed E-state index contributed by atoms with van der Waals surface area (Å²) in [4.78, 5) is 21.2. The number of carbonyl (C=O) groups is 1. The second-order valence-electron chi connectivity index (χ2n) is 4.34. The van der Waals surface area contributed by atoms with Gasteiger partial charge < -0.3 is 10.4 Å². The summed E-state index contributed by atoms with van der Waals surface area (Å²) in [5.41, 5.74) is 0.719. The maximum absolute atomic E-state index is 11.0. The van der Waals surface area contributed by atoms with Gasteiger partial charge in [-0.3, -0.25) is 14.9 Å². The van der Waals surface area contributed by atoms with E-state index < -0.39 is 16.9 Å². The number of nitro benzene ring substituents is 1. The number of non-ortho nitro benzene ring substituents is 1. The SMILES string of the molecule is CCCCC(NCc1cccc([N+](=O)[O-])c1)C(=O)O. The van der Waals surface area contributed by atoms with E-state index in [-0.39, 0.29) is 5.69 Å². The van der Waals surface area contributed by atoms with Crippen molar-refractivity contribution in [2.45, 2.75) is 38.8 Å². The highest BCUT2D eigenvalue weighted by atomic mass is 16.6. The summed E-state index contributed by atoms with van der Waals surface area (Å²) in [5.74, 6) is -0.890. The molecule has 6 heteroatoms. The third kappa shape index (κ3) is 5.05. The highest BCUT2D eigenvalue weighted by Crippen LogP contribution is 2.13. The van der Waals surface area contributed by atoms with Crippen LogP contribution in [0.5, 0.6) is 0 Å². The number of hydrogen-bond donors (Lipinski definition) is 2. The lowest BCUT2D eigenvalue weighted by Crippen LogP contribution is -2.36. The molecule has 1 aromatic carbocycles. The molecule has 1 unspecified atom stereocenters. The number of hydrogen-bond acceptors (Lipinski definition) is 4. The smallest absolute Gasteiger partial charge is 0.320 e. The van der Waals surface area contributed by atoms with Crippen LogP contribution in [0, 0.1) is 10.1 Å². The second kappa shape index (κ2) is 7.48. The number of nitro groups is 1. The zero-order chi connectivity index (χ0) is 14.3. The number of aliphatic carboxylic acids is 1. The molecule has 0 aliphatic rings. The molecule has 0 aliphatic carbocycles. The number of nitrogens with one attached hydrogen (secondary N) is 1. The van der Waals surface area contributed by atoms with Crippen molar-refractivity contribution in [3.63, 3.8) is 0 Å². The van der Waals surface area contributed by atoms with Gasteiger partial charge in [0.15, 0.2) is 0 Å². The molecular formula is C13H18N2O4. The fourth-order valence-electron chi connectivity index (χ4n) is 1.74. The quantitative estimate of drug-likeness (QED) is 0.556. The van der Waals surface area contributed by atoms with E-state index in [9.17, 15) is 14.9 Å². The molecule has 1 rings (SSSR count). The van der Waals surface area contributed by atoms with Crippen LogP contribution in [-0.4, -0.2) is 22.0 Å². The van der Waals surface area contributed by atoms with Crippen LogP contribution in [0.15, 0.2) is 24.3 Å². The van der Waals surface area contributed by atoms with E-state index in [1.165, 1.54) is 12.1 Å². The molecule has 1 aromatic rings. The van der Waals surface area contributed by atoms with E-state index in [0.29, 0.717) is 18.5 Å². The molecule has 0 bridgehead atoms. The average molecular weight is 266 g/mol. The summed E-state index contributed by atoms with van der Waals surface area (Å²) >= 11 is 0. The van der Waals surface area contributed by atoms with Crippen LogP contribution in [0.25, 0.3) is 0 Å². The van der Waals surface area contributed by atoms with E-state index in [4.69, 9.17) is 5.11 Å². The third-order valence-corrected chi connectivity index (χ3v) is 2.82. The monoisotopic (exact) mass is 266 g/mol. The Kier molecular flexibility index (Phi) is 5.95. The Morgan fingerprint density at radius 3 is 2.84 bits per heavy atom. The van der Waals surface area contributed by atoms with E-state index in [0.717, 1.165) is 12.8 Å². The maximum atomic E-state index is 11.0. The fraction of sp³-hybridized carbons (Fsp3) is 0.462. The Balaban J connectivity index is 2.60. The van der Waals surface area contributed by atoms with Crippen molar-refractivity contribution in [2.75, 3.05) is 0 Å². The van der Waals surface area contributed by atoms with Crippen LogP contribution < -0.4 is 5.32 Å². The maximum Gasteiger partial charge on any atom is 0.320 e. The van der Waals surface area contributed by atoms with Crippen molar-refractivity contribution < 1.29 is 14.8 Å². The minimum absolute atomic E-state index is 0.0136. The highest BCUT2D eigenvalue weighted by molar-refractivity contribution is 5.73. The van der Waals surface area contributed by atoms with Gasteiger partial charge in [-0.05, 0) is 12.0 Å². The van der Waals surface area contributed by atoms with E-state index in [1.807, 2.05) is 6.92 Å². The number of rotatable bonds is 8. The van der Waals surface area contributed by atoms with Gasteiger partial charge in [-0.2, -0.15) is 0 Å². The summed E-state index contributed by atoms with van der Waals surface area (Å²) in [7, 11) is 0. The molecule has 0 fully saturated rings. The second-order valence-corrected chi connectivity index (χ2v) is 4.34. The predicted molar refractivity (Wildman–Crippen MR) is 70.9 cm³/mol. The van der Waals surface area contributed by atoms with Crippen molar-refractivity contribution in [2.24, 2.45) is 0 Å². The van der Waals surface area contributed by atoms with Gasteiger partial charge in [-0.15, -0.1) is 0 Å². The van der Waals surface area contributed by atoms with Crippen molar-refractivity contribution >= 4 is 11.7 Å². The van der Waals surface area contributed by atoms with Gasteiger partial charge in [0.2, 0.25) is 0 Å². The van der Waals surface area contributed by atoms with Gasteiger partial charge in [-0.1, -0.05) is 31.9 Å². The van der Waals surface area contributed by atoms with Gasteiger partial charge in [-0.25, -0.2) is 0 Å². The Labute approximate surface area is 111 Å². The fourth-order valence-corrected chi connectivity index (χ4v) is 1.74. The Bertz CT molecular complexity index is 448. The molecule has 0 saturated heterocycles. The lowest BCUT2D eigenvalue weighted by Gasteiger charge is -2.13. The molecule has 0 radical (unpaired) electrons. The van der Waals surface area contributed by atoms with Crippen LogP contribution in [0.1, 0.15) is 31.7 Å². The van der Waals surface area contributed by atoms with Gasteiger partial charge in [0.25, 0.3) is 5.69 Å². The van der Waals surface area contributed by atoms with Gasteiger partial charge in [0.05, 0.1) is 4.92 Å². The van der Waals surface area contributed by atoms with Crippen LogP contribution in [0.4, 0.5) is 5.69 Å². The molecule has 6 nitrogen and oxygen atoms in total. The Morgan fingerprint density at radius 2 is 2.26 bits per heavy atom. The normalized spacial score (nSPS) is 12.1. The summed E-state index contributed by atoms with van der Waals surface area (Å²) in [6.45, 7) is 2.31. The molecular weight excluding hydrogens is 248 g/mol. The molecule has 0 amide bonds. The molecule has 19 heavy (non-hydrogen) atoms. The van der Waals surface area contributed by atoms with Crippen LogP contribution in [-0.2, 0) is 11.3 Å². The molecule has 0 heterocycles. The van der Waals surface area contributed by atoms with E-state index in [2.05, 4.69) is 5.32 Å². The molecule has 0 aromatic heterocycles. The van der Waals surface area contributed by atoms with Crippen LogP contribution in [0.3, 0.4) is 0 Å². The predicted octanol–water partition coefficient (Wildman–Crippen LogP) is 2.33. The van der Waals surface area contributed by atoms with Crippen molar-refractivity contribution in [3.05, 3.63) is 39.9 Å². The average Bonchev–Trinajstić information content (AvgIpc) is 2.38. The number of carboxylic acids is 1. The van der Waals surface area contributed by atoms with E-state index in [1.54, 1.807) is 12.1 Å². The number of unbranched alkanes of at least 4 members (excludes halogenated alkanes) is 1. The van der Waals surface area contributed by atoms with Crippen molar-refractivity contribution in [1.29, 1.82) is 0 Å². The topological polar surface area (TPSA) is 92.5 Å². The summed E-state index contributed by atoms with van der Waals surface area (Å²) in [6.07, 6.45) is 2.32. The molecule has 0 saturated carbocycles. The van der Waals surface area contributed by atoms with Crippen molar-refractivity contribution in [1.82, 2.24) is 5.32 Å². The molecule has 2 N–H and O–H groups in total. The molecule has 1 atom stereocenters. The van der Waals surface area contributed by atoms with Crippen LogP contribution >= 0.6 is 0 Å². The molecule has 0 aliphatic heterocycles. The molecule has 0 spiro atoms. The zero-order valence-corrected chi connectivity index (χ0v) is 10.8. The molecule has 104 valence electrons. The minimum Gasteiger partial charge on any atom is -0.480 e. The number of carboxylic acid groups (broad SMARTS) is 1. The zero-order valence-electron chi connectivity index (χ0n) is 10.8. The lowest BCUT2D eigenvalue weighted by atomic mass is 10.1. The van der Waals surface area contributed by atoms with Gasteiger partial charge in [0, 0.05) is 18.7 Å². The number of benzene rings is 1. The third-order valence-electron chi connectivity index (χ3n) is 2.82. The first-order chi connectivity index (χ1) is 9.04. The lowest BCUT2D eigenvalue weighted by molar-refractivity contribution is -0.384. The number of nitrogens with zero attached hydrogens (tertiary/aromatic N) is 1. The van der Waals surface area contributed by atoms with Gasteiger partial charge in [0.1, 0.15) is 6.04 Å². The standard InChI is InChI=1S/C13H18N2O4/c1-2-3-7-12(13(16)17)14-9-10-5-4-6-11(8-10)15(18)19/h4-6,8,12,14H,2-3,7,9H2,1H3,(H,16,17). The Morgan fingerprint density at radius 1 is 1.53 bits per heavy atom. The van der Waals surface area contributed by atoms with Crippen LogP contribution in [0.2, 0.25) is 0 Å². The van der Waals surface area contributed by atoms with E-state index >= 15 is 0 Å². The summed E-state index contributed by atoms with van der Waals surface area (Å²) in [5, 5.41) is 22.6. The summed E-state index contributed by atoms with van der Waals surface area (Å²) in [6, 6.07) is 5.58. The largest absolute Gasteiger partial charge is 0.480 e. The first-order valence-corrected chi connectivity index (χ1v) is 6.24. The first-order valence-electron chi connectivity index (χ1n) is 6.24. The Hall–Kier alpha value is -1.95. The van der Waals surface area contributed by atoms with Crippen molar-refractivity contribution in [3.8, 4) is 0 Å². The minimum atomic E-state index is -0.890. The summed E-state index contributed by atoms with van der Waals surface area (Å²) < 4.78 is 0. The van der Waals surface area contributed by atoms with Gasteiger partial charge >= 0.3 is 5.97 Å². The first kappa shape index (κ1) is 15.1.